The van der Waals surface area contributed by atoms with E-state index in [1.807, 2.05) is 6.92 Å². The zero-order valence-corrected chi connectivity index (χ0v) is 12.2. The van der Waals surface area contributed by atoms with Crippen LogP contribution in [0.2, 0.25) is 0 Å². The van der Waals surface area contributed by atoms with Crippen molar-refractivity contribution in [3.8, 4) is 0 Å². The monoisotopic (exact) mass is 298 g/mol. The number of amides is 1. The zero-order chi connectivity index (χ0) is 15.4. The molecule has 21 heavy (non-hydrogen) atoms. The molecule has 2 rings (SSSR count). The molecule has 2 heterocycles. The molecule has 5 nitrogen and oxygen atoms in total. The number of nitrogens with zero attached hydrogens (tertiary/aromatic N) is 2. The first-order valence-electron chi connectivity index (χ1n) is 7.16. The highest BCUT2D eigenvalue weighted by Gasteiger charge is 2.33. The summed E-state index contributed by atoms with van der Waals surface area (Å²) in [5.74, 6) is -1.59. The van der Waals surface area contributed by atoms with Crippen molar-refractivity contribution in [2.75, 3.05) is 30.4 Å². The second-order valence-corrected chi connectivity index (χ2v) is 5.02. The van der Waals surface area contributed by atoms with Gasteiger partial charge in [0, 0.05) is 26.2 Å². The lowest BCUT2D eigenvalue weighted by atomic mass is 10.2. The first-order chi connectivity index (χ1) is 10.1. The largest absolute Gasteiger partial charge is 0.368 e. The van der Waals surface area contributed by atoms with Gasteiger partial charge in [0.15, 0.2) is 23.3 Å². The third-order valence-electron chi connectivity index (χ3n) is 3.53. The molecule has 1 aliphatic rings. The second kappa shape index (κ2) is 6.69. The molecule has 1 amide bonds. The average molecular weight is 298 g/mol. The number of hydrogen-bond acceptors (Lipinski definition) is 4. The van der Waals surface area contributed by atoms with E-state index in [9.17, 15) is 13.6 Å². The minimum absolute atomic E-state index is 0.0239. The summed E-state index contributed by atoms with van der Waals surface area (Å²) in [5, 5.41) is 5.40. The van der Waals surface area contributed by atoms with Crippen molar-refractivity contribution in [1.82, 2.24) is 10.3 Å². The molecule has 1 aromatic rings. The Morgan fingerprint density at radius 1 is 1.48 bits per heavy atom. The van der Waals surface area contributed by atoms with Crippen LogP contribution in [0.1, 0.15) is 26.2 Å². The average Bonchev–Trinajstić information content (AvgIpc) is 2.94. The van der Waals surface area contributed by atoms with Crippen molar-refractivity contribution in [1.29, 1.82) is 0 Å². The number of anilines is 2. The fraction of sp³-hybridized carbons (Fsp3) is 0.571. The molecule has 0 radical (unpaired) electrons. The van der Waals surface area contributed by atoms with Crippen molar-refractivity contribution in [2.45, 2.75) is 32.2 Å². The van der Waals surface area contributed by atoms with Crippen LogP contribution in [-0.2, 0) is 4.79 Å². The summed E-state index contributed by atoms with van der Waals surface area (Å²) in [6.07, 6.45) is 2.21. The van der Waals surface area contributed by atoms with Gasteiger partial charge in [0.25, 0.3) is 0 Å². The van der Waals surface area contributed by atoms with E-state index in [0.717, 1.165) is 18.9 Å². The summed E-state index contributed by atoms with van der Waals surface area (Å²) in [5.41, 5.74) is 0. The molecule has 1 aromatic heterocycles. The lowest BCUT2D eigenvalue weighted by Crippen LogP contribution is -2.42. The molecule has 1 atom stereocenters. The maximum Gasteiger partial charge on any atom is 0.242 e. The van der Waals surface area contributed by atoms with Crippen LogP contribution in [-0.4, -0.2) is 37.1 Å². The maximum absolute atomic E-state index is 14.0. The second-order valence-electron chi connectivity index (χ2n) is 5.02. The van der Waals surface area contributed by atoms with E-state index in [1.165, 1.54) is 0 Å². The predicted octanol–water partition coefficient (Wildman–Crippen LogP) is 1.90. The van der Waals surface area contributed by atoms with Crippen LogP contribution >= 0.6 is 0 Å². The molecule has 0 bridgehead atoms. The summed E-state index contributed by atoms with van der Waals surface area (Å²) >= 11 is 0. The number of carbonyl (C=O) groups excluding carboxylic acids is 1. The van der Waals surface area contributed by atoms with E-state index in [1.54, 1.807) is 11.9 Å². The van der Waals surface area contributed by atoms with Crippen LogP contribution in [0.5, 0.6) is 0 Å². The fourth-order valence-corrected chi connectivity index (χ4v) is 2.49. The molecule has 1 aliphatic heterocycles. The molecule has 1 saturated heterocycles. The van der Waals surface area contributed by atoms with Gasteiger partial charge in [0.05, 0.1) is 0 Å². The molecule has 116 valence electrons. The van der Waals surface area contributed by atoms with Gasteiger partial charge in [0.2, 0.25) is 5.91 Å². The fourth-order valence-electron chi connectivity index (χ4n) is 2.49. The van der Waals surface area contributed by atoms with E-state index in [2.05, 4.69) is 15.6 Å². The standard InChI is InChI=1S/C14H20F2N4O/c1-3-6-18-12-9(15)8-10(16)13(19-12)20-7-4-5-11(20)14(21)17-2/h8,11H,3-7H2,1-2H3,(H,17,21)(H,18,19). The van der Waals surface area contributed by atoms with Crippen LogP contribution < -0.4 is 15.5 Å². The number of halogens is 2. The van der Waals surface area contributed by atoms with Crippen LogP contribution in [0.25, 0.3) is 0 Å². The van der Waals surface area contributed by atoms with Crippen LogP contribution in [0.4, 0.5) is 20.4 Å². The van der Waals surface area contributed by atoms with Crippen molar-refractivity contribution in [2.24, 2.45) is 0 Å². The summed E-state index contributed by atoms with van der Waals surface area (Å²) in [6, 6.07) is 0.362. The minimum Gasteiger partial charge on any atom is -0.368 e. The highest BCUT2D eigenvalue weighted by molar-refractivity contribution is 5.85. The lowest BCUT2D eigenvalue weighted by Gasteiger charge is -2.25. The van der Waals surface area contributed by atoms with Gasteiger partial charge in [0.1, 0.15) is 6.04 Å². The zero-order valence-electron chi connectivity index (χ0n) is 12.2. The van der Waals surface area contributed by atoms with E-state index < -0.39 is 17.7 Å². The smallest absolute Gasteiger partial charge is 0.242 e. The van der Waals surface area contributed by atoms with E-state index in [4.69, 9.17) is 0 Å². The normalized spacial score (nSPS) is 17.9. The summed E-state index contributed by atoms with van der Waals surface area (Å²) in [6.45, 7) is 3.02. The van der Waals surface area contributed by atoms with Gasteiger partial charge < -0.3 is 15.5 Å². The number of pyridine rings is 1. The Morgan fingerprint density at radius 2 is 2.24 bits per heavy atom. The number of likely N-dealkylation sites (N-methyl/N-ethyl adjacent to an activating group) is 1. The summed E-state index contributed by atoms with van der Waals surface area (Å²) in [4.78, 5) is 17.5. The SMILES string of the molecule is CCCNc1nc(N2CCCC2C(=O)NC)c(F)cc1F. The van der Waals surface area contributed by atoms with Gasteiger partial charge in [-0.05, 0) is 19.3 Å². The summed E-state index contributed by atoms with van der Waals surface area (Å²) in [7, 11) is 1.54. The van der Waals surface area contributed by atoms with Crippen molar-refractivity contribution < 1.29 is 13.6 Å². The molecule has 7 heteroatoms. The van der Waals surface area contributed by atoms with Crippen molar-refractivity contribution >= 4 is 17.5 Å². The highest BCUT2D eigenvalue weighted by Crippen LogP contribution is 2.29. The van der Waals surface area contributed by atoms with Crippen LogP contribution in [0.15, 0.2) is 6.07 Å². The highest BCUT2D eigenvalue weighted by atomic mass is 19.1. The predicted molar refractivity (Wildman–Crippen MR) is 77.4 cm³/mol. The number of aromatic nitrogens is 1. The molecule has 1 unspecified atom stereocenters. The molecular formula is C14H20F2N4O. The van der Waals surface area contributed by atoms with E-state index >= 15 is 0 Å². The number of carbonyl (C=O) groups is 1. The van der Waals surface area contributed by atoms with Gasteiger partial charge in [-0.25, -0.2) is 13.8 Å². The van der Waals surface area contributed by atoms with Gasteiger partial charge in [-0.1, -0.05) is 6.92 Å². The first kappa shape index (κ1) is 15.5. The quantitative estimate of drug-likeness (QED) is 0.871. The lowest BCUT2D eigenvalue weighted by molar-refractivity contribution is -0.121. The number of nitrogens with one attached hydrogen (secondary N) is 2. The molecule has 0 aliphatic carbocycles. The van der Waals surface area contributed by atoms with Gasteiger partial charge in [-0.2, -0.15) is 0 Å². The number of hydrogen-bond donors (Lipinski definition) is 2. The van der Waals surface area contributed by atoms with Crippen LogP contribution in [0, 0.1) is 11.6 Å². The van der Waals surface area contributed by atoms with Crippen molar-refractivity contribution in [3.05, 3.63) is 17.7 Å². The Labute approximate surface area is 122 Å². The van der Waals surface area contributed by atoms with Crippen molar-refractivity contribution in [3.63, 3.8) is 0 Å². The first-order valence-corrected chi connectivity index (χ1v) is 7.16. The third kappa shape index (κ3) is 3.22. The Balaban J connectivity index is 2.31. The summed E-state index contributed by atoms with van der Waals surface area (Å²) < 4.78 is 27.7. The Bertz CT molecular complexity index is 524. The Kier molecular flexibility index (Phi) is 4.93. The molecule has 0 aromatic carbocycles. The third-order valence-corrected chi connectivity index (χ3v) is 3.53. The topological polar surface area (TPSA) is 57.3 Å². The minimum atomic E-state index is -0.745. The van der Waals surface area contributed by atoms with E-state index in [-0.39, 0.29) is 17.5 Å². The molecule has 0 saturated carbocycles. The number of rotatable bonds is 5. The molecule has 1 fully saturated rings. The van der Waals surface area contributed by atoms with E-state index in [0.29, 0.717) is 19.5 Å². The van der Waals surface area contributed by atoms with Crippen LogP contribution in [0.3, 0.4) is 0 Å². The molecular weight excluding hydrogens is 278 g/mol. The van der Waals surface area contributed by atoms with Gasteiger partial charge in [-0.3, -0.25) is 4.79 Å². The molecule has 0 spiro atoms. The van der Waals surface area contributed by atoms with Gasteiger partial charge >= 0.3 is 0 Å². The Hall–Kier alpha value is -1.92. The maximum atomic E-state index is 14.0. The Morgan fingerprint density at radius 3 is 2.90 bits per heavy atom. The van der Waals surface area contributed by atoms with Gasteiger partial charge in [-0.15, -0.1) is 0 Å². The molecule has 2 N–H and O–H groups in total.